The zero-order valence-corrected chi connectivity index (χ0v) is 15.5. The largest absolute Gasteiger partial charge is 0.494 e. The van der Waals surface area contributed by atoms with Gasteiger partial charge in [-0.1, -0.05) is 63.2 Å². The van der Waals surface area contributed by atoms with Crippen LogP contribution in [0, 0.1) is 5.92 Å². The Morgan fingerprint density at radius 3 is 2.59 bits per heavy atom. The van der Waals surface area contributed by atoms with Gasteiger partial charge in [-0.05, 0) is 36.0 Å². The minimum absolute atomic E-state index is 0.111. The van der Waals surface area contributed by atoms with E-state index in [1.54, 1.807) is 7.11 Å². The predicted octanol–water partition coefficient (Wildman–Crippen LogP) is 5.36. The van der Waals surface area contributed by atoms with Crippen LogP contribution < -0.4 is 10.5 Å². The lowest BCUT2D eigenvalue weighted by molar-refractivity contribution is 0.228. The molecule has 0 aromatic heterocycles. The Kier molecular flexibility index (Phi) is 5.68. The fourth-order valence-corrected chi connectivity index (χ4v) is 4.81. The molecule has 1 aliphatic carbocycles. The van der Waals surface area contributed by atoms with Gasteiger partial charge in [0.25, 0.3) is 0 Å². The number of fused-ring (bicyclic) bond motifs is 1. The standard InChI is InChI=1S/C18H27Cl2NO/c1-5-7-8-18(3)14-12(9-11(6-2)17(18)21)10-13(19)16(22-4)15(14)20/h10-11,17H,5-9,21H2,1-4H3. The lowest BCUT2D eigenvalue weighted by Crippen LogP contribution is -2.52. The van der Waals surface area contributed by atoms with Crippen molar-refractivity contribution in [1.82, 2.24) is 0 Å². The molecule has 4 heteroatoms. The van der Waals surface area contributed by atoms with Gasteiger partial charge in [0.2, 0.25) is 0 Å². The number of unbranched alkanes of at least 4 members (excludes halogenated alkanes) is 1. The van der Waals surface area contributed by atoms with Gasteiger partial charge in [-0.2, -0.15) is 0 Å². The maximum absolute atomic E-state index is 6.69. The molecular formula is C18H27Cl2NO. The SMILES string of the molecule is CCCCC1(C)c2c(cc(Cl)c(OC)c2Cl)CC(CC)C1N. The lowest BCUT2D eigenvalue weighted by Gasteiger charge is -2.46. The number of hydrogen-bond donors (Lipinski definition) is 1. The van der Waals surface area contributed by atoms with E-state index in [9.17, 15) is 0 Å². The molecule has 3 atom stereocenters. The molecule has 1 aromatic carbocycles. The maximum atomic E-state index is 6.69. The van der Waals surface area contributed by atoms with Crippen LogP contribution in [0.4, 0.5) is 0 Å². The quantitative estimate of drug-likeness (QED) is 0.780. The van der Waals surface area contributed by atoms with Crippen LogP contribution in [-0.4, -0.2) is 13.2 Å². The van der Waals surface area contributed by atoms with Gasteiger partial charge in [0.05, 0.1) is 17.2 Å². The molecule has 124 valence electrons. The van der Waals surface area contributed by atoms with E-state index in [0.717, 1.165) is 37.7 Å². The summed E-state index contributed by atoms with van der Waals surface area (Å²) in [5.74, 6) is 1.04. The number of benzene rings is 1. The minimum atomic E-state index is -0.126. The van der Waals surface area contributed by atoms with Crippen molar-refractivity contribution in [3.05, 3.63) is 27.2 Å². The van der Waals surface area contributed by atoms with Crippen LogP contribution >= 0.6 is 23.2 Å². The molecule has 2 nitrogen and oxygen atoms in total. The molecule has 2 rings (SSSR count). The molecule has 22 heavy (non-hydrogen) atoms. The molecule has 1 aliphatic rings. The number of halogens is 2. The third kappa shape index (κ3) is 2.86. The van der Waals surface area contributed by atoms with Crippen molar-refractivity contribution in [1.29, 1.82) is 0 Å². The van der Waals surface area contributed by atoms with Gasteiger partial charge >= 0.3 is 0 Å². The fraction of sp³-hybridized carbons (Fsp3) is 0.667. The average Bonchev–Trinajstić information content (AvgIpc) is 2.48. The third-order valence-corrected chi connectivity index (χ3v) is 5.97. The Bertz CT molecular complexity index is 546. The predicted molar refractivity (Wildman–Crippen MR) is 95.4 cm³/mol. The summed E-state index contributed by atoms with van der Waals surface area (Å²) in [6, 6.07) is 2.14. The normalized spacial score (nSPS) is 27.6. The summed E-state index contributed by atoms with van der Waals surface area (Å²) in [7, 11) is 1.61. The van der Waals surface area contributed by atoms with Crippen LogP contribution in [0.1, 0.15) is 57.6 Å². The Balaban J connectivity index is 2.64. The summed E-state index contributed by atoms with van der Waals surface area (Å²) < 4.78 is 5.42. The zero-order chi connectivity index (χ0) is 16.5. The van der Waals surface area contributed by atoms with Gasteiger partial charge in [0, 0.05) is 11.5 Å². The Labute approximate surface area is 144 Å². The topological polar surface area (TPSA) is 35.2 Å². The number of nitrogens with two attached hydrogens (primary N) is 1. The van der Waals surface area contributed by atoms with E-state index in [-0.39, 0.29) is 11.5 Å². The summed E-state index contributed by atoms with van der Waals surface area (Å²) in [6.07, 6.45) is 5.35. The number of rotatable bonds is 5. The maximum Gasteiger partial charge on any atom is 0.156 e. The first-order valence-corrected chi connectivity index (χ1v) is 8.97. The van der Waals surface area contributed by atoms with E-state index in [0.29, 0.717) is 21.7 Å². The fourth-order valence-electron chi connectivity index (χ4n) is 3.95. The highest BCUT2D eigenvalue weighted by molar-refractivity contribution is 6.38. The molecule has 1 aromatic rings. The van der Waals surface area contributed by atoms with Gasteiger partial charge in [0.15, 0.2) is 5.75 Å². The lowest BCUT2D eigenvalue weighted by atomic mass is 9.61. The molecule has 0 fully saturated rings. The smallest absolute Gasteiger partial charge is 0.156 e. The summed E-state index contributed by atoms with van der Waals surface area (Å²) in [5, 5.41) is 1.24. The van der Waals surface area contributed by atoms with Gasteiger partial charge in [-0.3, -0.25) is 0 Å². The molecule has 3 unspecified atom stereocenters. The van der Waals surface area contributed by atoms with Crippen molar-refractivity contribution < 1.29 is 4.74 Å². The van der Waals surface area contributed by atoms with Gasteiger partial charge in [-0.15, -0.1) is 0 Å². The van der Waals surface area contributed by atoms with E-state index in [4.69, 9.17) is 33.7 Å². The molecule has 2 N–H and O–H groups in total. The van der Waals surface area contributed by atoms with Crippen molar-refractivity contribution in [3.63, 3.8) is 0 Å². The molecule has 0 saturated heterocycles. The molecule has 0 radical (unpaired) electrons. The highest BCUT2D eigenvalue weighted by atomic mass is 35.5. The van der Waals surface area contributed by atoms with Crippen LogP contribution in [0.25, 0.3) is 0 Å². The number of methoxy groups -OCH3 is 1. The summed E-state index contributed by atoms with van der Waals surface area (Å²) >= 11 is 13.0. The van der Waals surface area contributed by atoms with Gasteiger partial charge in [-0.25, -0.2) is 0 Å². The summed E-state index contributed by atoms with van der Waals surface area (Å²) in [4.78, 5) is 0. The second kappa shape index (κ2) is 6.98. The number of ether oxygens (including phenoxy) is 1. The highest BCUT2D eigenvalue weighted by Crippen LogP contribution is 2.50. The van der Waals surface area contributed by atoms with Crippen molar-refractivity contribution in [2.45, 2.75) is 64.3 Å². The Morgan fingerprint density at radius 2 is 2.05 bits per heavy atom. The molecule has 0 amide bonds. The van der Waals surface area contributed by atoms with Crippen LogP contribution in [-0.2, 0) is 11.8 Å². The summed E-state index contributed by atoms with van der Waals surface area (Å²) in [6.45, 7) is 6.68. The minimum Gasteiger partial charge on any atom is -0.494 e. The molecule has 0 saturated carbocycles. The van der Waals surface area contributed by atoms with E-state index in [1.165, 1.54) is 5.56 Å². The van der Waals surface area contributed by atoms with E-state index in [2.05, 4.69) is 20.8 Å². The van der Waals surface area contributed by atoms with Crippen LogP contribution in [0.5, 0.6) is 5.75 Å². The second-order valence-electron chi connectivity index (χ2n) is 6.66. The van der Waals surface area contributed by atoms with E-state index < -0.39 is 0 Å². The second-order valence-corrected chi connectivity index (χ2v) is 7.44. The van der Waals surface area contributed by atoms with Crippen molar-refractivity contribution in [2.24, 2.45) is 11.7 Å². The molecule has 0 heterocycles. The molecular weight excluding hydrogens is 317 g/mol. The van der Waals surface area contributed by atoms with E-state index >= 15 is 0 Å². The van der Waals surface area contributed by atoms with Crippen molar-refractivity contribution >= 4 is 23.2 Å². The summed E-state index contributed by atoms with van der Waals surface area (Å²) in [5.41, 5.74) is 8.96. The zero-order valence-electron chi connectivity index (χ0n) is 14.0. The first-order chi connectivity index (χ1) is 10.4. The van der Waals surface area contributed by atoms with Crippen LogP contribution in [0.15, 0.2) is 6.07 Å². The molecule has 0 spiro atoms. The highest BCUT2D eigenvalue weighted by Gasteiger charge is 2.44. The van der Waals surface area contributed by atoms with Gasteiger partial charge in [0.1, 0.15) is 0 Å². The van der Waals surface area contributed by atoms with Crippen LogP contribution in [0.2, 0.25) is 10.0 Å². The van der Waals surface area contributed by atoms with E-state index in [1.807, 2.05) is 6.07 Å². The van der Waals surface area contributed by atoms with Crippen LogP contribution in [0.3, 0.4) is 0 Å². The first kappa shape index (κ1) is 17.9. The molecule has 0 bridgehead atoms. The Hall–Kier alpha value is -0.440. The average molecular weight is 344 g/mol. The first-order valence-electron chi connectivity index (χ1n) is 8.21. The monoisotopic (exact) mass is 343 g/mol. The molecule has 0 aliphatic heterocycles. The van der Waals surface area contributed by atoms with Crippen molar-refractivity contribution in [3.8, 4) is 5.75 Å². The third-order valence-electron chi connectivity index (χ3n) is 5.33. The Morgan fingerprint density at radius 1 is 1.36 bits per heavy atom. The van der Waals surface area contributed by atoms with Gasteiger partial charge < -0.3 is 10.5 Å². The van der Waals surface area contributed by atoms with Crippen molar-refractivity contribution in [2.75, 3.05) is 7.11 Å². The number of hydrogen-bond acceptors (Lipinski definition) is 2.